The maximum absolute atomic E-state index is 11.4. The van der Waals surface area contributed by atoms with Crippen LogP contribution in [0.4, 0.5) is 0 Å². The van der Waals surface area contributed by atoms with E-state index in [1.165, 1.54) is 16.0 Å². The molecule has 2 N–H and O–H groups in total. The van der Waals surface area contributed by atoms with Crippen molar-refractivity contribution in [3.8, 4) is 0 Å². The fourth-order valence-corrected chi connectivity index (χ4v) is 2.36. The topological polar surface area (TPSA) is 49.3 Å². The third-order valence-corrected chi connectivity index (χ3v) is 3.67. The third-order valence-electron chi connectivity index (χ3n) is 2.67. The van der Waals surface area contributed by atoms with Gasteiger partial charge in [0.2, 0.25) is 5.91 Å². The molecule has 1 atom stereocenters. The van der Waals surface area contributed by atoms with Crippen LogP contribution >= 0.6 is 11.8 Å². The molecule has 0 heterocycles. The van der Waals surface area contributed by atoms with Crippen LogP contribution in [0.3, 0.4) is 0 Å². The van der Waals surface area contributed by atoms with Gasteiger partial charge in [-0.1, -0.05) is 6.07 Å². The van der Waals surface area contributed by atoms with Crippen molar-refractivity contribution < 1.29 is 9.90 Å². The highest BCUT2D eigenvalue weighted by molar-refractivity contribution is 7.99. The van der Waals surface area contributed by atoms with Gasteiger partial charge in [-0.25, -0.2) is 0 Å². The second kappa shape index (κ2) is 7.44. The summed E-state index contributed by atoms with van der Waals surface area (Å²) in [6, 6.07) is 6.33. The molecule has 0 saturated heterocycles. The van der Waals surface area contributed by atoms with Crippen molar-refractivity contribution in [3.63, 3.8) is 0 Å². The molecule has 0 spiro atoms. The van der Waals surface area contributed by atoms with E-state index >= 15 is 0 Å². The molecule has 100 valence electrons. The monoisotopic (exact) mass is 267 g/mol. The van der Waals surface area contributed by atoms with Crippen LogP contribution in [0.5, 0.6) is 0 Å². The summed E-state index contributed by atoms with van der Waals surface area (Å²) in [5, 5.41) is 11.7. The lowest BCUT2D eigenvalue weighted by Gasteiger charge is -2.07. The first kappa shape index (κ1) is 15.1. The second-order valence-corrected chi connectivity index (χ2v) is 5.67. The second-order valence-electron chi connectivity index (χ2n) is 4.50. The van der Waals surface area contributed by atoms with E-state index in [9.17, 15) is 4.79 Å². The number of nitrogens with one attached hydrogen (secondary N) is 1. The van der Waals surface area contributed by atoms with E-state index in [1.54, 1.807) is 18.7 Å². The lowest BCUT2D eigenvalue weighted by molar-refractivity contribution is -0.121. The molecule has 0 radical (unpaired) electrons. The van der Waals surface area contributed by atoms with Crippen LogP contribution in [-0.2, 0) is 4.79 Å². The molecule has 1 amide bonds. The number of aliphatic hydroxyl groups excluding tert-OH is 1. The van der Waals surface area contributed by atoms with Crippen LogP contribution in [0.2, 0.25) is 0 Å². The zero-order valence-corrected chi connectivity index (χ0v) is 12.0. The molecule has 1 rings (SSSR count). The maximum Gasteiger partial charge on any atom is 0.220 e. The van der Waals surface area contributed by atoms with E-state index in [-0.39, 0.29) is 5.91 Å². The molecule has 0 aromatic heterocycles. The SMILES string of the molecule is Cc1ccc(SCCC(=O)NCC(C)O)cc1C. The van der Waals surface area contributed by atoms with E-state index in [0.717, 1.165) is 5.75 Å². The smallest absolute Gasteiger partial charge is 0.220 e. The summed E-state index contributed by atoms with van der Waals surface area (Å²) in [5.74, 6) is 0.751. The van der Waals surface area contributed by atoms with Gasteiger partial charge >= 0.3 is 0 Å². The molecular formula is C14H21NO2S. The highest BCUT2D eigenvalue weighted by Crippen LogP contribution is 2.21. The van der Waals surface area contributed by atoms with Crippen molar-refractivity contribution in [3.05, 3.63) is 29.3 Å². The molecule has 0 aliphatic carbocycles. The van der Waals surface area contributed by atoms with E-state index in [4.69, 9.17) is 5.11 Å². The first-order chi connectivity index (χ1) is 8.49. The summed E-state index contributed by atoms with van der Waals surface area (Å²) in [6.45, 7) is 6.17. The maximum atomic E-state index is 11.4. The van der Waals surface area contributed by atoms with Gasteiger partial charge in [-0.05, 0) is 44.0 Å². The molecule has 0 fully saturated rings. The molecule has 0 aliphatic heterocycles. The fourth-order valence-electron chi connectivity index (χ4n) is 1.42. The zero-order chi connectivity index (χ0) is 13.5. The van der Waals surface area contributed by atoms with Gasteiger partial charge < -0.3 is 10.4 Å². The molecule has 3 nitrogen and oxygen atoms in total. The van der Waals surface area contributed by atoms with E-state index < -0.39 is 6.10 Å². The minimum absolute atomic E-state index is 0.00719. The van der Waals surface area contributed by atoms with Crippen molar-refractivity contribution in [2.24, 2.45) is 0 Å². The van der Waals surface area contributed by atoms with Gasteiger partial charge in [0, 0.05) is 23.6 Å². The lowest BCUT2D eigenvalue weighted by Crippen LogP contribution is -2.30. The third kappa shape index (κ3) is 5.56. The van der Waals surface area contributed by atoms with Gasteiger partial charge in [0.05, 0.1) is 6.10 Å². The van der Waals surface area contributed by atoms with Gasteiger partial charge in [-0.2, -0.15) is 0 Å². The number of rotatable bonds is 6. The van der Waals surface area contributed by atoms with Crippen molar-refractivity contribution >= 4 is 17.7 Å². The Bertz CT molecular complexity index is 405. The van der Waals surface area contributed by atoms with E-state index in [0.29, 0.717) is 13.0 Å². The average Bonchev–Trinajstić information content (AvgIpc) is 2.31. The number of carbonyl (C=O) groups is 1. The number of benzene rings is 1. The van der Waals surface area contributed by atoms with Crippen LogP contribution in [-0.4, -0.2) is 29.4 Å². The minimum atomic E-state index is -0.485. The average molecular weight is 267 g/mol. The van der Waals surface area contributed by atoms with Crippen LogP contribution in [0.25, 0.3) is 0 Å². The van der Waals surface area contributed by atoms with Crippen molar-refractivity contribution in [2.45, 2.75) is 38.2 Å². The van der Waals surface area contributed by atoms with Crippen LogP contribution < -0.4 is 5.32 Å². The van der Waals surface area contributed by atoms with Gasteiger partial charge in [-0.3, -0.25) is 4.79 Å². The Labute approximate surface area is 113 Å². The molecule has 1 aromatic carbocycles. The largest absolute Gasteiger partial charge is 0.392 e. The summed E-state index contributed by atoms with van der Waals surface area (Å²) >= 11 is 1.68. The summed E-state index contributed by atoms with van der Waals surface area (Å²) in [7, 11) is 0. The fraction of sp³-hybridized carbons (Fsp3) is 0.500. The molecule has 0 saturated carbocycles. The standard InChI is InChI=1S/C14H21NO2S/c1-10-4-5-13(8-11(10)2)18-7-6-14(17)15-9-12(3)16/h4-5,8,12,16H,6-7,9H2,1-3H3,(H,15,17). The Morgan fingerprint density at radius 2 is 2.11 bits per heavy atom. The summed E-state index contributed by atoms with van der Waals surface area (Å²) < 4.78 is 0. The molecule has 4 heteroatoms. The number of thioether (sulfide) groups is 1. The Morgan fingerprint density at radius 1 is 1.39 bits per heavy atom. The summed E-state index contributed by atoms with van der Waals surface area (Å²) in [5.41, 5.74) is 2.56. The molecular weight excluding hydrogens is 246 g/mol. The first-order valence-electron chi connectivity index (χ1n) is 6.14. The van der Waals surface area contributed by atoms with Gasteiger partial charge in [0.15, 0.2) is 0 Å². The highest BCUT2D eigenvalue weighted by atomic mass is 32.2. The molecule has 0 aliphatic rings. The van der Waals surface area contributed by atoms with Crippen molar-refractivity contribution in [1.82, 2.24) is 5.32 Å². The Morgan fingerprint density at radius 3 is 2.72 bits per heavy atom. The predicted octanol–water partition coefficient (Wildman–Crippen LogP) is 2.28. The van der Waals surface area contributed by atoms with Crippen LogP contribution in [0.15, 0.2) is 23.1 Å². The van der Waals surface area contributed by atoms with Crippen molar-refractivity contribution in [2.75, 3.05) is 12.3 Å². The number of amides is 1. The quantitative estimate of drug-likeness (QED) is 0.777. The van der Waals surface area contributed by atoms with E-state index in [2.05, 4.69) is 37.4 Å². The summed E-state index contributed by atoms with van der Waals surface area (Å²) in [6.07, 6.45) is -0.00836. The molecule has 18 heavy (non-hydrogen) atoms. The zero-order valence-electron chi connectivity index (χ0n) is 11.2. The highest BCUT2D eigenvalue weighted by Gasteiger charge is 2.04. The van der Waals surface area contributed by atoms with Crippen LogP contribution in [0.1, 0.15) is 24.5 Å². The van der Waals surface area contributed by atoms with Crippen molar-refractivity contribution in [1.29, 1.82) is 0 Å². The predicted molar refractivity (Wildman–Crippen MR) is 75.9 cm³/mol. The minimum Gasteiger partial charge on any atom is -0.392 e. The Kier molecular flexibility index (Phi) is 6.22. The molecule has 1 aromatic rings. The normalized spacial score (nSPS) is 12.2. The number of hydrogen-bond acceptors (Lipinski definition) is 3. The lowest BCUT2D eigenvalue weighted by atomic mass is 10.1. The Hall–Kier alpha value is -1.00. The number of aliphatic hydroxyl groups is 1. The van der Waals surface area contributed by atoms with Gasteiger partial charge in [0.25, 0.3) is 0 Å². The van der Waals surface area contributed by atoms with Gasteiger partial charge in [0.1, 0.15) is 0 Å². The first-order valence-corrected chi connectivity index (χ1v) is 7.12. The molecule has 1 unspecified atom stereocenters. The van der Waals surface area contributed by atoms with E-state index in [1.807, 2.05) is 0 Å². The molecule has 0 bridgehead atoms. The Balaban J connectivity index is 2.28. The summed E-state index contributed by atoms with van der Waals surface area (Å²) in [4.78, 5) is 12.6. The number of aryl methyl sites for hydroxylation is 2. The van der Waals surface area contributed by atoms with Gasteiger partial charge in [-0.15, -0.1) is 11.8 Å². The number of carbonyl (C=O) groups excluding carboxylic acids is 1. The van der Waals surface area contributed by atoms with Crippen LogP contribution in [0, 0.1) is 13.8 Å². The number of hydrogen-bond donors (Lipinski definition) is 2.